The Hall–Kier alpha value is -3.78. The molecule has 0 unspecified atom stereocenters. The Labute approximate surface area is 222 Å². The Morgan fingerprint density at radius 3 is 2.24 bits per heavy atom. The highest BCUT2D eigenvalue weighted by atomic mass is 19.1. The third-order valence-corrected chi connectivity index (χ3v) is 7.14. The molecule has 2 fully saturated rings. The van der Waals surface area contributed by atoms with Crippen molar-refractivity contribution in [3.05, 3.63) is 72.0 Å². The molecule has 0 aromatic heterocycles. The maximum absolute atomic E-state index is 13.6. The molecule has 0 bridgehead atoms. The molecule has 2 heterocycles. The summed E-state index contributed by atoms with van der Waals surface area (Å²) < 4.78 is 31.5. The van der Waals surface area contributed by atoms with Gasteiger partial charge in [-0.15, -0.1) is 0 Å². The summed E-state index contributed by atoms with van der Waals surface area (Å²) in [4.78, 5) is 16.6. The molecule has 0 atom stereocenters. The summed E-state index contributed by atoms with van der Waals surface area (Å²) in [5, 5.41) is 9.82. The quantitative estimate of drug-likeness (QED) is 0.394. The normalized spacial score (nSPS) is 17.0. The molecule has 5 rings (SSSR count). The van der Waals surface area contributed by atoms with Crippen LogP contribution in [0.3, 0.4) is 0 Å². The number of likely N-dealkylation sites (tertiary alicyclic amines) is 1. The predicted molar refractivity (Wildman–Crippen MR) is 143 cm³/mol. The molecule has 3 aromatic rings. The van der Waals surface area contributed by atoms with Gasteiger partial charge in [-0.1, -0.05) is 18.2 Å². The number of rotatable bonds is 8. The van der Waals surface area contributed by atoms with Gasteiger partial charge in [0, 0.05) is 38.5 Å². The number of aromatic hydroxyl groups is 1. The van der Waals surface area contributed by atoms with Crippen molar-refractivity contribution in [3.63, 3.8) is 0 Å². The van der Waals surface area contributed by atoms with Crippen molar-refractivity contribution in [3.8, 4) is 28.4 Å². The second-order valence-corrected chi connectivity index (χ2v) is 9.77. The second-order valence-electron chi connectivity index (χ2n) is 9.77. The van der Waals surface area contributed by atoms with Crippen LogP contribution in [0, 0.1) is 5.82 Å². The van der Waals surface area contributed by atoms with Gasteiger partial charge >= 0.3 is 6.09 Å². The van der Waals surface area contributed by atoms with Gasteiger partial charge < -0.3 is 19.3 Å². The maximum Gasteiger partial charge on any atom is 0.415 e. The first-order valence-corrected chi connectivity index (χ1v) is 13.1. The van der Waals surface area contributed by atoms with Gasteiger partial charge in [0.15, 0.2) is 0 Å². The van der Waals surface area contributed by atoms with E-state index in [1.165, 1.54) is 12.1 Å². The predicted octanol–water partition coefficient (Wildman–Crippen LogP) is 5.99. The molecule has 8 heteroatoms. The lowest BCUT2D eigenvalue weighted by Gasteiger charge is -2.37. The van der Waals surface area contributed by atoms with Gasteiger partial charge in [-0.3, -0.25) is 9.80 Å². The number of anilines is 1. The molecule has 3 aromatic carbocycles. The molecule has 2 saturated heterocycles. The summed E-state index contributed by atoms with van der Waals surface area (Å²) in [5.74, 6) is 1.25. The van der Waals surface area contributed by atoms with Gasteiger partial charge in [0.2, 0.25) is 0 Å². The number of halogens is 1. The van der Waals surface area contributed by atoms with Crippen molar-refractivity contribution in [2.24, 2.45) is 0 Å². The number of hydrogen-bond acceptors (Lipinski definition) is 6. The van der Waals surface area contributed by atoms with Crippen molar-refractivity contribution >= 4 is 11.8 Å². The van der Waals surface area contributed by atoms with Crippen LogP contribution < -0.4 is 14.4 Å². The zero-order valence-corrected chi connectivity index (χ0v) is 21.8. The molecule has 0 saturated carbocycles. The Morgan fingerprint density at radius 1 is 0.974 bits per heavy atom. The van der Waals surface area contributed by atoms with E-state index in [1.54, 1.807) is 41.3 Å². The number of phenols is 1. The third-order valence-electron chi connectivity index (χ3n) is 7.14. The van der Waals surface area contributed by atoms with Gasteiger partial charge in [-0.25, -0.2) is 9.18 Å². The number of hydrogen-bond donors (Lipinski definition) is 1. The molecular formula is C30H33FN2O5. The van der Waals surface area contributed by atoms with Crippen LogP contribution >= 0.6 is 0 Å². The van der Waals surface area contributed by atoms with E-state index in [-0.39, 0.29) is 17.7 Å². The summed E-state index contributed by atoms with van der Waals surface area (Å²) in [6.07, 6.45) is 1.07. The average molecular weight is 521 g/mol. The van der Waals surface area contributed by atoms with Crippen molar-refractivity contribution in [2.45, 2.75) is 38.8 Å². The topological polar surface area (TPSA) is 71.5 Å². The molecule has 1 amide bonds. The molecule has 1 N–H and O–H groups in total. The number of carbonyl (C=O) groups is 1. The number of phenolic OH excluding ortho intramolecular Hbond substituents is 1. The van der Waals surface area contributed by atoms with Crippen LogP contribution in [0.4, 0.5) is 14.9 Å². The van der Waals surface area contributed by atoms with Crippen LogP contribution in [0.1, 0.15) is 32.3 Å². The van der Waals surface area contributed by atoms with Crippen molar-refractivity contribution in [1.82, 2.24) is 4.90 Å². The number of nitrogens with zero attached hydrogens (tertiary/aromatic N) is 2. The van der Waals surface area contributed by atoms with Gasteiger partial charge in [-0.2, -0.15) is 0 Å². The Morgan fingerprint density at radius 2 is 1.63 bits per heavy atom. The van der Waals surface area contributed by atoms with Crippen LogP contribution in [-0.4, -0.2) is 54.5 Å². The molecule has 0 aliphatic carbocycles. The molecule has 38 heavy (non-hydrogen) atoms. The van der Waals surface area contributed by atoms with Crippen molar-refractivity contribution < 1.29 is 28.5 Å². The minimum Gasteiger partial charge on any atom is -0.508 e. The van der Waals surface area contributed by atoms with Crippen LogP contribution in [0.25, 0.3) is 11.1 Å². The van der Waals surface area contributed by atoms with Crippen molar-refractivity contribution in [1.29, 1.82) is 0 Å². The van der Waals surface area contributed by atoms with E-state index in [0.717, 1.165) is 42.6 Å². The van der Waals surface area contributed by atoms with Gasteiger partial charge in [-0.05, 0) is 61.4 Å². The first kappa shape index (κ1) is 25.9. The lowest BCUT2D eigenvalue weighted by Crippen LogP contribution is -2.46. The zero-order chi connectivity index (χ0) is 26.7. The van der Waals surface area contributed by atoms with Crippen LogP contribution in [0.5, 0.6) is 17.2 Å². The fourth-order valence-corrected chi connectivity index (χ4v) is 5.30. The van der Waals surface area contributed by atoms with Crippen LogP contribution in [0.15, 0.2) is 60.7 Å². The van der Waals surface area contributed by atoms with E-state index < -0.39 is 5.60 Å². The lowest BCUT2D eigenvalue weighted by molar-refractivity contribution is -0.00100. The number of benzene rings is 3. The van der Waals surface area contributed by atoms with E-state index in [0.29, 0.717) is 43.5 Å². The SMILES string of the molecule is CCOc1cc(CN2CCC3(CC2)CN(c2cccc(O)c2)C(=O)O3)cc(OCC)c1-c1ccc(F)cc1. The first-order valence-electron chi connectivity index (χ1n) is 13.1. The number of amides is 1. The highest BCUT2D eigenvalue weighted by molar-refractivity contribution is 5.90. The highest BCUT2D eigenvalue weighted by Crippen LogP contribution is 2.41. The highest BCUT2D eigenvalue weighted by Gasteiger charge is 2.47. The molecule has 2 aliphatic heterocycles. The lowest BCUT2D eigenvalue weighted by atomic mass is 9.91. The largest absolute Gasteiger partial charge is 0.508 e. The van der Waals surface area contributed by atoms with Gasteiger partial charge in [0.1, 0.15) is 28.7 Å². The third kappa shape index (κ3) is 5.41. The number of piperidine rings is 1. The summed E-state index contributed by atoms with van der Waals surface area (Å²) >= 11 is 0. The fraction of sp³-hybridized carbons (Fsp3) is 0.367. The Kier molecular flexibility index (Phi) is 7.42. The maximum atomic E-state index is 13.6. The monoisotopic (exact) mass is 520 g/mol. The number of carbonyl (C=O) groups excluding carboxylic acids is 1. The van der Waals surface area contributed by atoms with Crippen molar-refractivity contribution in [2.75, 3.05) is 37.7 Å². The van der Waals surface area contributed by atoms with Crippen LogP contribution in [0.2, 0.25) is 0 Å². The van der Waals surface area contributed by atoms with E-state index in [1.807, 2.05) is 26.0 Å². The van der Waals surface area contributed by atoms with E-state index in [2.05, 4.69) is 4.90 Å². The van der Waals surface area contributed by atoms with Crippen LogP contribution in [-0.2, 0) is 11.3 Å². The summed E-state index contributed by atoms with van der Waals surface area (Å²) in [6, 6.07) is 17.1. The summed E-state index contributed by atoms with van der Waals surface area (Å²) in [5.41, 5.74) is 2.83. The first-order chi connectivity index (χ1) is 18.4. The average Bonchev–Trinajstić information content (AvgIpc) is 3.22. The Balaban J connectivity index is 1.31. The smallest absolute Gasteiger partial charge is 0.415 e. The van der Waals surface area contributed by atoms with E-state index >= 15 is 0 Å². The van der Waals surface area contributed by atoms with Gasteiger partial charge in [0.05, 0.1) is 31.0 Å². The molecule has 200 valence electrons. The van der Waals surface area contributed by atoms with E-state index in [4.69, 9.17) is 14.2 Å². The summed E-state index contributed by atoms with van der Waals surface area (Å²) in [7, 11) is 0. The standard InChI is InChI=1S/C30H33FN2O5/c1-3-36-26-16-21(17-27(37-4-2)28(26)22-8-10-23(31)11-9-22)19-32-14-12-30(13-15-32)20-33(29(35)38-30)24-6-5-7-25(34)18-24/h5-11,16-18,34H,3-4,12-15,19-20H2,1-2H3. The van der Waals surface area contributed by atoms with Gasteiger partial charge in [0.25, 0.3) is 0 Å². The summed E-state index contributed by atoms with van der Waals surface area (Å²) in [6.45, 7) is 7.59. The second kappa shape index (κ2) is 10.9. The molecule has 2 aliphatic rings. The minimum atomic E-state index is -0.529. The number of ether oxygens (including phenoxy) is 3. The molecule has 0 radical (unpaired) electrons. The molecule has 7 nitrogen and oxygen atoms in total. The Bertz CT molecular complexity index is 1260. The molecular weight excluding hydrogens is 487 g/mol. The van der Waals surface area contributed by atoms with E-state index in [9.17, 15) is 14.3 Å². The fourth-order valence-electron chi connectivity index (χ4n) is 5.30. The molecule has 1 spiro atoms. The zero-order valence-electron chi connectivity index (χ0n) is 21.8. The minimum absolute atomic E-state index is 0.120.